The van der Waals surface area contributed by atoms with Crippen molar-refractivity contribution in [3.8, 4) is 0 Å². The van der Waals surface area contributed by atoms with Crippen LogP contribution in [-0.2, 0) is 19.1 Å². The van der Waals surface area contributed by atoms with E-state index in [0.29, 0.717) is 24.0 Å². The molecule has 5 nitrogen and oxygen atoms in total. The molecule has 0 bridgehead atoms. The molecule has 0 unspecified atom stereocenters. The third-order valence-corrected chi connectivity index (χ3v) is 5.38. The van der Waals surface area contributed by atoms with Crippen LogP contribution in [0, 0.1) is 17.8 Å². The Balaban J connectivity index is 2.05. The number of carbonyl (C=O) groups excluding carboxylic acids is 2. The van der Waals surface area contributed by atoms with Crippen LogP contribution in [-0.4, -0.2) is 35.4 Å². The van der Waals surface area contributed by atoms with Crippen LogP contribution < -0.4 is 0 Å². The Bertz CT molecular complexity index is 673. The highest BCUT2D eigenvalue weighted by atomic mass is 16.6. The summed E-state index contributed by atoms with van der Waals surface area (Å²) in [6, 6.07) is 0. The second kappa shape index (κ2) is 5.74. The number of hydrogen-bond acceptors (Lipinski definition) is 5. The molecule has 3 fully saturated rings. The molecule has 3 aliphatic rings. The Morgan fingerprint density at radius 2 is 1.96 bits per heavy atom. The number of aliphatic hydroxyl groups is 1. The van der Waals surface area contributed by atoms with Crippen molar-refractivity contribution >= 4 is 11.9 Å². The van der Waals surface area contributed by atoms with E-state index in [9.17, 15) is 14.7 Å². The van der Waals surface area contributed by atoms with Gasteiger partial charge >= 0.3 is 11.9 Å². The topological polar surface area (TPSA) is 72.8 Å². The smallest absolute Gasteiger partial charge is 0.334 e. The van der Waals surface area contributed by atoms with E-state index in [-0.39, 0.29) is 17.4 Å². The summed E-state index contributed by atoms with van der Waals surface area (Å²) in [5, 5.41) is 10.2. The molecule has 5 heteroatoms. The van der Waals surface area contributed by atoms with E-state index in [1.165, 1.54) is 0 Å². The predicted octanol–water partition coefficient (Wildman–Crippen LogP) is 2.09. The van der Waals surface area contributed by atoms with Crippen molar-refractivity contribution in [1.29, 1.82) is 0 Å². The number of carbonyl (C=O) groups is 2. The van der Waals surface area contributed by atoms with Gasteiger partial charge in [-0.2, -0.15) is 0 Å². The van der Waals surface area contributed by atoms with Gasteiger partial charge in [-0.1, -0.05) is 31.9 Å². The van der Waals surface area contributed by atoms with Crippen molar-refractivity contribution in [1.82, 2.24) is 0 Å². The average molecular weight is 330 g/mol. The summed E-state index contributed by atoms with van der Waals surface area (Å²) < 4.78 is 11.1. The number of aliphatic hydroxyl groups excluding tert-OH is 1. The molecule has 1 heterocycles. The van der Waals surface area contributed by atoms with Crippen LogP contribution >= 0.6 is 0 Å². The van der Waals surface area contributed by atoms with E-state index < -0.39 is 36.2 Å². The molecule has 0 spiro atoms. The minimum atomic E-state index is -0.675. The molecule has 2 aliphatic carbocycles. The lowest BCUT2D eigenvalue weighted by molar-refractivity contribution is -0.150. The van der Waals surface area contributed by atoms with Gasteiger partial charge in [0.2, 0.25) is 0 Å². The summed E-state index contributed by atoms with van der Waals surface area (Å²) >= 11 is 0. The molecule has 1 N–H and O–H groups in total. The number of hydrogen-bond donors (Lipinski definition) is 1. The molecular formula is C19H22O5. The molecule has 1 saturated heterocycles. The van der Waals surface area contributed by atoms with Crippen LogP contribution in [0.2, 0.25) is 0 Å². The molecule has 0 aromatic heterocycles. The molecule has 6 atom stereocenters. The van der Waals surface area contributed by atoms with Gasteiger partial charge in [-0.3, -0.25) is 0 Å². The number of esters is 2. The lowest BCUT2D eigenvalue weighted by Gasteiger charge is -2.31. The maximum Gasteiger partial charge on any atom is 0.334 e. The molecule has 0 aromatic rings. The van der Waals surface area contributed by atoms with Crippen molar-refractivity contribution in [2.24, 2.45) is 17.8 Å². The van der Waals surface area contributed by atoms with E-state index in [1.54, 1.807) is 6.92 Å². The van der Waals surface area contributed by atoms with Gasteiger partial charge in [0.15, 0.2) is 0 Å². The van der Waals surface area contributed by atoms with Gasteiger partial charge in [0.05, 0.1) is 12.0 Å². The maximum absolute atomic E-state index is 12.2. The summed E-state index contributed by atoms with van der Waals surface area (Å²) in [5.74, 6) is -1.85. The van der Waals surface area contributed by atoms with Gasteiger partial charge in [0.25, 0.3) is 0 Å². The SMILES string of the molecule is C=C(C)C(=O)O[C@@H]1[C@H]2C(=C)[C@@H](O)C[C@H]2C(=C)C[C@@H]2OC(=O)C(=C)[C@@H]12. The molecule has 3 rings (SSSR count). The molecule has 24 heavy (non-hydrogen) atoms. The molecule has 0 radical (unpaired) electrons. The molecular weight excluding hydrogens is 308 g/mol. The van der Waals surface area contributed by atoms with E-state index >= 15 is 0 Å². The van der Waals surface area contributed by atoms with Gasteiger partial charge in [0, 0.05) is 23.5 Å². The van der Waals surface area contributed by atoms with Gasteiger partial charge < -0.3 is 14.6 Å². The van der Waals surface area contributed by atoms with Crippen molar-refractivity contribution in [2.75, 3.05) is 0 Å². The quantitative estimate of drug-likeness (QED) is 0.477. The Labute approximate surface area is 141 Å². The largest absolute Gasteiger partial charge is 0.458 e. The van der Waals surface area contributed by atoms with Gasteiger partial charge in [-0.15, -0.1) is 0 Å². The Hall–Kier alpha value is -2.14. The van der Waals surface area contributed by atoms with Crippen LogP contribution in [0.25, 0.3) is 0 Å². The van der Waals surface area contributed by atoms with Gasteiger partial charge in [0.1, 0.15) is 12.2 Å². The van der Waals surface area contributed by atoms with E-state index in [4.69, 9.17) is 9.47 Å². The first-order valence-electron chi connectivity index (χ1n) is 8.03. The van der Waals surface area contributed by atoms with Crippen LogP contribution in [0.15, 0.2) is 48.6 Å². The standard InChI is InChI=1S/C19H22O5/c1-8(2)18(21)24-17-15-10(4)13(20)7-12(15)9(3)6-14-16(17)11(5)19(22)23-14/h12-17,20H,1,3-7H2,2H3/t12-,13-,14-,15-,16+,17+/m0/s1. The maximum atomic E-state index is 12.2. The van der Waals surface area contributed by atoms with Crippen molar-refractivity contribution in [3.05, 3.63) is 48.6 Å². The van der Waals surface area contributed by atoms with Crippen LogP contribution in [0.5, 0.6) is 0 Å². The van der Waals surface area contributed by atoms with Gasteiger partial charge in [-0.05, 0) is 24.8 Å². The van der Waals surface area contributed by atoms with E-state index in [1.807, 2.05) is 0 Å². The van der Waals surface area contributed by atoms with Crippen LogP contribution in [0.1, 0.15) is 19.8 Å². The van der Waals surface area contributed by atoms with Gasteiger partial charge in [-0.25, -0.2) is 9.59 Å². The lowest BCUT2D eigenvalue weighted by Crippen LogP contribution is -2.39. The number of rotatable bonds is 2. The Kier molecular flexibility index (Phi) is 4.00. The molecule has 1 aliphatic heterocycles. The predicted molar refractivity (Wildman–Crippen MR) is 87.7 cm³/mol. The zero-order valence-electron chi connectivity index (χ0n) is 13.8. The van der Waals surface area contributed by atoms with E-state index in [0.717, 1.165) is 5.57 Å². The third-order valence-electron chi connectivity index (χ3n) is 5.38. The fraction of sp³-hybridized carbons (Fsp3) is 0.474. The highest BCUT2D eigenvalue weighted by molar-refractivity contribution is 5.91. The monoisotopic (exact) mass is 330 g/mol. The minimum Gasteiger partial charge on any atom is -0.458 e. The highest BCUT2D eigenvalue weighted by Gasteiger charge is 2.56. The van der Waals surface area contributed by atoms with Crippen LogP contribution in [0.3, 0.4) is 0 Å². The summed E-state index contributed by atoms with van der Waals surface area (Å²) in [6.45, 7) is 17.1. The van der Waals surface area contributed by atoms with Crippen LogP contribution in [0.4, 0.5) is 0 Å². The second-order valence-electron chi connectivity index (χ2n) is 6.97. The van der Waals surface area contributed by atoms with E-state index in [2.05, 4.69) is 26.3 Å². The first-order chi connectivity index (χ1) is 11.2. The normalized spacial score (nSPS) is 38.2. The zero-order valence-corrected chi connectivity index (χ0v) is 13.8. The Morgan fingerprint density at radius 3 is 2.58 bits per heavy atom. The fourth-order valence-electron chi connectivity index (χ4n) is 4.11. The number of fused-ring (bicyclic) bond motifs is 2. The first kappa shape index (κ1) is 16.7. The average Bonchev–Trinajstić information content (AvgIpc) is 2.91. The summed E-state index contributed by atoms with van der Waals surface area (Å²) in [6.07, 6.45) is -0.838. The highest BCUT2D eigenvalue weighted by Crippen LogP contribution is 2.52. The first-order valence-corrected chi connectivity index (χ1v) is 8.03. The lowest BCUT2D eigenvalue weighted by atomic mass is 9.80. The minimum absolute atomic E-state index is 0.0625. The fourth-order valence-corrected chi connectivity index (χ4v) is 4.11. The zero-order chi connectivity index (χ0) is 17.8. The number of ether oxygens (including phenoxy) is 2. The summed E-state index contributed by atoms with van der Waals surface area (Å²) in [7, 11) is 0. The van der Waals surface area contributed by atoms with Crippen molar-refractivity contribution < 1.29 is 24.2 Å². The molecule has 2 saturated carbocycles. The second-order valence-corrected chi connectivity index (χ2v) is 6.97. The van der Waals surface area contributed by atoms with Crippen molar-refractivity contribution in [2.45, 2.75) is 38.1 Å². The third kappa shape index (κ3) is 2.44. The molecule has 0 amide bonds. The Morgan fingerprint density at radius 1 is 1.29 bits per heavy atom. The summed E-state index contributed by atoms with van der Waals surface area (Å²) in [4.78, 5) is 24.1. The molecule has 128 valence electrons. The summed E-state index contributed by atoms with van der Waals surface area (Å²) in [5.41, 5.74) is 2.05. The van der Waals surface area contributed by atoms with Crippen molar-refractivity contribution in [3.63, 3.8) is 0 Å². The molecule has 0 aromatic carbocycles.